The van der Waals surface area contributed by atoms with Crippen LogP contribution in [0.4, 0.5) is 8.78 Å². The first kappa shape index (κ1) is 9.61. The molecule has 0 amide bonds. The Morgan fingerprint density at radius 3 is 2.77 bits per heavy atom. The van der Waals surface area contributed by atoms with E-state index in [-0.39, 0.29) is 16.1 Å². The van der Waals surface area contributed by atoms with Crippen LogP contribution in [-0.2, 0) is 0 Å². The van der Waals surface area contributed by atoms with E-state index in [2.05, 4.69) is 21.9 Å². The van der Waals surface area contributed by atoms with Gasteiger partial charge in [0.1, 0.15) is 4.64 Å². The molecule has 1 aromatic rings. The molecule has 1 rings (SSSR count). The molecule has 0 unspecified atom stereocenters. The number of hydrogen-bond acceptors (Lipinski definition) is 3. The Kier molecular flexibility index (Phi) is 2.93. The van der Waals surface area contributed by atoms with E-state index in [1.807, 2.05) is 0 Å². The number of alkyl halides is 2. The van der Waals surface area contributed by atoms with Crippen molar-refractivity contribution < 1.29 is 13.5 Å². The largest absolute Gasteiger partial charge is 0.419 e. The van der Waals surface area contributed by atoms with Gasteiger partial charge in [0.05, 0.1) is 11.6 Å². The van der Waals surface area contributed by atoms with Gasteiger partial charge in [-0.3, -0.25) is 0 Å². The molecule has 0 fully saturated rings. The lowest BCUT2D eigenvalue weighted by atomic mass is 10.3. The number of rotatable bonds is 2. The van der Waals surface area contributed by atoms with Crippen molar-refractivity contribution in [3.63, 3.8) is 0 Å². The first-order chi connectivity index (χ1) is 6.11. The van der Waals surface area contributed by atoms with Gasteiger partial charge < -0.3 is 9.72 Å². The first-order valence-corrected chi connectivity index (χ1v) is 3.62. The highest BCUT2D eigenvalue weighted by atomic mass is 32.1. The van der Waals surface area contributed by atoms with Crippen LogP contribution in [0, 0.1) is 16.0 Å². The summed E-state index contributed by atoms with van der Waals surface area (Å²) < 4.78 is 27.7. The van der Waals surface area contributed by atoms with E-state index in [0.29, 0.717) is 0 Å². The van der Waals surface area contributed by atoms with E-state index >= 15 is 0 Å². The summed E-state index contributed by atoms with van der Waals surface area (Å²) in [6.07, 6.45) is 0. The average Bonchev–Trinajstić information content (AvgIpc) is 2.01. The molecule has 0 spiro atoms. The number of aromatic amines is 1. The predicted molar refractivity (Wildman–Crippen MR) is 43.0 cm³/mol. The molecular weight excluding hydrogens is 198 g/mol. The van der Waals surface area contributed by atoms with Crippen molar-refractivity contribution >= 4 is 12.2 Å². The topological polar surface area (TPSA) is 48.8 Å². The van der Waals surface area contributed by atoms with Gasteiger partial charge in [-0.05, 0) is 6.07 Å². The molecule has 1 N–H and O–H groups in total. The van der Waals surface area contributed by atoms with Crippen molar-refractivity contribution in [3.05, 3.63) is 22.3 Å². The smallest absolute Gasteiger partial charge is 0.388 e. The fraction of sp³-hybridized carbons (Fsp3) is 0.143. The third-order valence-corrected chi connectivity index (χ3v) is 1.38. The fourth-order valence-corrected chi connectivity index (χ4v) is 0.969. The predicted octanol–water partition coefficient (Wildman–Crippen LogP) is 2.22. The Labute approximate surface area is 77.6 Å². The number of nitrogens with zero attached hydrogens (tertiary/aromatic N) is 1. The third-order valence-electron chi connectivity index (χ3n) is 1.16. The van der Waals surface area contributed by atoms with Gasteiger partial charge in [-0.25, -0.2) is 0 Å². The van der Waals surface area contributed by atoms with Gasteiger partial charge in [-0.15, -0.1) is 0 Å². The molecule has 0 radical (unpaired) electrons. The van der Waals surface area contributed by atoms with E-state index in [1.165, 1.54) is 6.07 Å². The maximum atomic E-state index is 11.7. The molecule has 3 nitrogen and oxygen atoms in total. The second-order valence-corrected chi connectivity index (χ2v) is 2.53. The minimum absolute atomic E-state index is 0.176. The lowest BCUT2D eigenvalue weighted by Crippen LogP contribution is -2.03. The van der Waals surface area contributed by atoms with Gasteiger partial charge in [0.25, 0.3) is 0 Å². The molecule has 0 atom stereocenters. The third kappa shape index (κ3) is 2.80. The minimum Gasteiger partial charge on any atom is -0.419 e. The van der Waals surface area contributed by atoms with Gasteiger partial charge >= 0.3 is 6.61 Å². The number of nitriles is 1. The molecular formula is C7H4F2N2OS. The van der Waals surface area contributed by atoms with Crippen LogP contribution in [0.15, 0.2) is 12.1 Å². The normalized spacial score (nSPS) is 9.69. The highest BCUT2D eigenvalue weighted by Gasteiger charge is 2.05. The van der Waals surface area contributed by atoms with Crippen molar-refractivity contribution in [3.8, 4) is 11.9 Å². The van der Waals surface area contributed by atoms with Crippen LogP contribution in [0.1, 0.15) is 5.56 Å². The highest BCUT2D eigenvalue weighted by Crippen LogP contribution is 2.12. The summed E-state index contributed by atoms with van der Waals surface area (Å²) in [6.45, 7) is -2.93. The molecule has 0 aromatic carbocycles. The Morgan fingerprint density at radius 2 is 2.23 bits per heavy atom. The lowest BCUT2D eigenvalue weighted by Gasteiger charge is -2.03. The maximum absolute atomic E-state index is 11.7. The van der Waals surface area contributed by atoms with Crippen LogP contribution in [0.3, 0.4) is 0 Å². The van der Waals surface area contributed by atoms with E-state index in [9.17, 15) is 8.78 Å². The number of H-pyrrole nitrogens is 1. The van der Waals surface area contributed by atoms with Gasteiger partial charge in [0, 0.05) is 6.07 Å². The van der Waals surface area contributed by atoms with E-state index in [0.717, 1.165) is 6.07 Å². The van der Waals surface area contributed by atoms with Gasteiger partial charge in [-0.2, -0.15) is 14.0 Å². The highest BCUT2D eigenvalue weighted by molar-refractivity contribution is 7.71. The Balaban J connectivity index is 3.04. The first-order valence-electron chi connectivity index (χ1n) is 3.21. The number of ether oxygens (including phenoxy) is 1. The summed E-state index contributed by atoms with van der Waals surface area (Å²) in [6, 6.07) is 4.28. The second-order valence-electron chi connectivity index (χ2n) is 2.09. The van der Waals surface area contributed by atoms with Crippen LogP contribution in [-0.4, -0.2) is 11.6 Å². The monoisotopic (exact) mass is 202 g/mol. The molecule has 1 heterocycles. The molecule has 68 valence electrons. The number of halogens is 2. The minimum atomic E-state index is -2.93. The van der Waals surface area contributed by atoms with Crippen LogP contribution >= 0.6 is 12.2 Å². The maximum Gasteiger partial charge on any atom is 0.388 e. The molecule has 0 aliphatic rings. The molecule has 1 aromatic heterocycles. The molecule has 0 saturated heterocycles. The Morgan fingerprint density at radius 1 is 1.54 bits per heavy atom. The SMILES string of the molecule is N#Cc1cc(OC(F)F)[nH]c(=S)c1. The summed E-state index contributed by atoms with van der Waals surface area (Å²) >= 11 is 4.67. The molecule has 13 heavy (non-hydrogen) atoms. The summed E-state index contributed by atoms with van der Waals surface area (Å²) in [5.74, 6) is -0.209. The van der Waals surface area contributed by atoms with Gasteiger partial charge in [-0.1, -0.05) is 12.2 Å². The zero-order chi connectivity index (χ0) is 9.84. The summed E-state index contributed by atoms with van der Waals surface area (Å²) in [5, 5.41) is 8.47. The van der Waals surface area contributed by atoms with Crippen LogP contribution in [0.5, 0.6) is 5.88 Å². The number of aromatic nitrogens is 1. The molecule has 0 aliphatic heterocycles. The lowest BCUT2D eigenvalue weighted by molar-refractivity contribution is -0.0529. The van der Waals surface area contributed by atoms with Crippen molar-refractivity contribution in [2.75, 3.05) is 0 Å². The van der Waals surface area contributed by atoms with Crippen molar-refractivity contribution in [2.24, 2.45) is 0 Å². The van der Waals surface area contributed by atoms with Crippen LogP contribution in [0.2, 0.25) is 0 Å². The van der Waals surface area contributed by atoms with E-state index < -0.39 is 6.61 Å². The Hall–Kier alpha value is -1.48. The van der Waals surface area contributed by atoms with Crippen molar-refractivity contribution in [1.82, 2.24) is 4.98 Å². The van der Waals surface area contributed by atoms with Crippen molar-refractivity contribution in [1.29, 1.82) is 5.26 Å². The molecule has 0 aliphatic carbocycles. The standard InChI is InChI=1S/C7H4F2N2OS/c8-7(9)12-5-1-4(3-10)2-6(13)11-5/h1-2,7H,(H,11,13). The Bertz CT molecular complexity index is 396. The van der Waals surface area contributed by atoms with Crippen molar-refractivity contribution in [2.45, 2.75) is 6.61 Å². The van der Waals surface area contributed by atoms with Gasteiger partial charge in [0.2, 0.25) is 0 Å². The fourth-order valence-electron chi connectivity index (χ4n) is 0.742. The van der Waals surface area contributed by atoms with Gasteiger partial charge in [0.15, 0.2) is 5.88 Å². The number of pyridine rings is 1. The summed E-state index contributed by atoms with van der Waals surface area (Å²) in [4.78, 5) is 2.37. The molecule has 6 heteroatoms. The average molecular weight is 202 g/mol. The van der Waals surface area contributed by atoms with Crippen LogP contribution < -0.4 is 4.74 Å². The van der Waals surface area contributed by atoms with Crippen LogP contribution in [0.25, 0.3) is 0 Å². The quantitative estimate of drug-likeness (QED) is 0.748. The summed E-state index contributed by atoms with van der Waals surface area (Å²) in [7, 11) is 0. The summed E-state index contributed by atoms with van der Waals surface area (Å²) in [5.41, 5.74) is 0.180. The zero-order valence-electron chi connectivity index (χ0n) is 6.25. The van der Waals surface area contributed by atoms with E-state index in [4.69, 9.17) is 5.26 Å². The number of hydrogen-bond donors (Lipinski definition) is 1. The molecule has 0 bridgehead atoms. The second kappa shape index (κ2) is 3.96. The van der Waals surface area contributed by atoms with E-state index in [1.54, 1.807) is 6.07 Å². The zero-order valence-corrected chi connectivity index (χ0v) is 7.07. The number of nitrogens with one attached hydrogen (secondary N) is 1. The molecule has 0 saturated carbocycles.